The van der Waals surface area contributed by atoms with E-state index in [0.717, 1.165) is 17.9 Å². The number of amides is 1. The molecule has 1 aromatic heterocycles. The predicted octanol–water partition coefficient (Wildman–Crippen LogP) is 2.00. The maximum Gasteiger partial charge on any atom is 0.257 e. The van der Waals surface area contributed by atoms with Gasteiger partial charge < -0.3 is 5.32 Å². The lowest BCUT2D eigenvalue weighted by Crippen LogP contribution is -2.13. The van der Waals surface area contributed by atoms with Crippen molar-refractivity contribution < 1.29 is 9.18 Å². The minimum atomic E-state index is -0.615. The molecular formula is C13H9FN4O. The van der Waals surface area contributed by atoms with Crippen molar-refractivity contribution in [2.75, 3.05) is 5.32 Å². The molecule has 1 N–H and O–H groups in total. The summed E-state index contributed by atoms with van der Waals surface area (Å²) >= 11 is 0. The second kappa shape index (κ2) is 3.44. The van der Waals surface area contributed by atoms with E-state index in [-0.39, 0.29) is 11.7 Å². The number of carbonyl (C=O) groups excluding carboxylic acids is 1. The number of pyridine rings is 1. The van der Waals surface area contributed by atoms with Crippen LogP contribution in [0.5, 0.6) is 0 Å². The standard InChI is InChI=1S/C13H9FN4O/c14-11-2-1-3-12(15-11)16-13(19)8-4-5-10-9(8)6-17-7-18(10)17/h1-6H,7H2,(H,15,16,19). The highest BCUT2D eigenvalue weighted by Gasteiger charge is 2.27. The van der Waals surface area contributed by atoms with Crippen LogP contribution in [0.15, 0.2) is 36.5 Å². The van der Waals surface area contributed by atoms with Crippen molar-refractivity contribution in [1.29, 1.82) is 0 Å². The Balaban J connectivity index is 1.64. The van der Waals surface area contributed by atoms with Crippen molar-refractivity contribution in [3.63, 3.8) is 0 Å². The lowest BCUT2D eigenvalue weighted by molar-refractivity contribution is 0.102. The third kappa shape index (κ3) is 1.53. The number of nitrogens with zero attached hydrogens (tertiary/aromatic N) is 3. The van der Waals surface area contributed by atoms with Crippen LogP contribution >= 0.6 is 0 Å². The van der Waals surface area contributed by atoms with E-state index in [4.69, 9.17) is 0 Å². The third-order valence-electron chi connectivity index (χ3n) is 3.24. The average Bonchev–Trinajstić information content (AvgIpc) is 2.86. The maximum atomic E-state index is 13.0. The summed E-state index contributed by atoms with van der Waals surface area (Å²) in [4.78, 5) is 15.7. The molecule has 3 aliphatic rings. The summed E-state index contributed by atoms with van der Waals surface area (Å²) in [5.41, 5.74) is 2.52. The number of anilines is 1. The number of nitrogens with one attached hydrogen (secondary N) is 1. The van der Waals surface area contributed by atoms with Crippen LogP contribution in [-0.4, -0.2) is 20.3 Å². The smallest absolute Gasteiger partial charge is 0.257 e. The summed E-state index contributed by atoms with van der Waals surface area (Å²) in [7, 11) is 0. The first kappa shape index (κ1) is 10.3. The monoisotopic (exact) mass is 256 g/mol. The van der Waals surface area contributed by atoms with E-state index in [9.17, 15) is 9.18 Å². The molecule has 4 rings (SSSR count). The van der Waals surface area contributed by atoms with Crippen LogP contribution in [-0.2, 0) is 6.67 Å². The molecule has 0 unspecified atom stereocenters. The fourth-order valence-corrected chi connectivity index (χ4v) is 2.28. The zero-order valence-corrected chi connectivity index (χ0v) is 9.80. The first-order valence-corrected chi connectivity index (χ1v) is 5.85. The number of fused-ring (bicyclic) bond motifs is 3. The molecule has 0 saturated carbocycles. The lowest BCUT2D eigenvalue weighted by atomic mass is 10.2. The largest absolute Gasteiger partial charge is 0.306 e. The summed E-state index contributed by atoms with van der Waals surface area (Å²) in [5.74, 6) is -0.682. The molecule has 19 heavy (non-hydrogen) atoms. The van der Waals surface area contributed by atoms with Gasteiger partial charge in [-0.3, -0.25) is 14.2 Å². The molecule has 94 valence electrons. The Bertz CT molecular complexity index is 773. The molecule has 0 spiro atoms. The summed E-state index contributed by atoms with van der Waals surface area (Å²) in [6.45, 7) is 0.878. The van der Waals surface area contributed by atoms with Crippen molar-refractivity contribution in [2.45, 2.75) is 6.67 Å². The molecular weight excluding hydrogens is 247 g/mol. The van der Waals surface area contributed by atoms with Gasteiger partial charge in [0, 0.05) is 11.8 Å². The molecule has 6 heteroatoms. The van der Waals surface area contributed by atoms with Crippen LogP contribution in [0.3, 0.4) is 0 Å². The van der Waals surface area contributed by atoms with E-state index in [1.165, 1.54) is 12.1 Å². The van der Waals surface area contributed by atoms with Crippen molar-refractivity contribution in [3.8, 4) is 11.3 Å². The molecule has 5 nitrogen and oxygen atoms in total. The van der Waals surface area contributed by atoms with Gasteiger partial charge in [-0.05, 0) is 24.3 Å². The number of hydrogen-bond acceptors (Lipinski definition) is 2. The van der Waals surface area contributed by atoms with E-state index in [1.54, 1.807) is 12.1 Å². The van der Waals surface area contributed by atoms with E-state index in [1.807, 2.05) is 16.9 Å². The lowest BCUT2D eigenvalue weighted by Gasteiger charge is -2.04. The molecule has 1 aromatic rings. The molecule has 2 aliphatic heterocycles. The topological polar surface area (TPSA) is 51.9 Å². The summed E-state index contributed by atoms with van der Waals surface area (Å²) in [6.07, 6.45) is 1.93. The second-order valence-electron chi connectivity index (χ2n) is 4.46. The molecule has 3 heterocycles. The van der Waals surface area contributed by atoms with Gasteiger partial charge in [0.2, 0.25) is 5.95 Å². The zero-order valence-electron chi connectivity index (χ0n) is 9.80. The van der Waals surface area contributed by atoms with Gasteiger partial charge in [0.05, 0.1) is 11.3 Å². The van der Waals surface area contributed by atoms with Crippen molar-refractivity contribution in [1.82, 2.24) is 14.3 Å². The van der Waals surface area contributed by atoms with Crippen molar-refractivity contribution in [3.05, 3.63) is 48.0 Å². The predicted molar refractivity (Wildman–Crippen MR) is 66.6 cm³/mol. The van der Waals surface area contributed by atoms with Crippen LogP contribution in [0.1, 0.15) is 10.4 Å². The van der Waals surface area contributed by atoms with Gasteiger partial charge in [0.1, 0.15) is 12.5 Å². The highest BCUT2D eigenvalue weighted by atomic mass is 19.1. The first-order valence-electron chi connectivity index (χ1n) is 5.85. The van der Waals surface area contributed by atoms with Gasteiger partial charge in [0.15, 0.2) is 0 Å². The Labute approximate surface area is 107 Å². The van der Waals surface area contributed by atoms with E-state index in [2.05, 4.69) is 15.0 Å². The number of hydrogen-bond donors (Lipinski definition) is 1. The molecule has 0 bridgehead atoms. The minimum Gasteiger partial charge on any atom is -0.306 e. The molecule has 0 radical (unpaired) electrons. The van der Waals surface area contributed by atoms with Gasteiger partial charge in [-0.1, -0.05) is 6.07 Å². The minimum absolute atomic E-state index is 0.212. The Kier molecular flexibility index (Phi) is 1.87. The molecule has 1 aliphatic carbocycles. The van der Waals surface area contributed by atoms with Crippen LogP contribution in [0.4, 0.5) is 10.2 Å². The van der Waals surface area contributed by atoms with Gasteiger partial charge in [-0.15, -0.1) is 0 Å². The fraction of sp³-hybridized carbons (Fsp3) is 0.0769. The van der Waals surface area contributed by atoms with Crippen molar-refractivity contribution in [2.24, 2.45) is 0 Å². The van der Waals surface area contributed by atoms with E-state index in [0.29, 0.717) is 5.56 Å². The van der Waals surface area contributed by atoms with Gasteiger partial charge in [-0.2, -0.15) is 4.39 Å². The molecule has 0 saturated heterocycles. The first-order chi connectivity index (χ1) is 9.22. The quantitative estimate of drug-likeness (QED) is 0.558. The Morgan fingerprint density at radius 2 is 2.21 bits per heavy atom. The van der Waals surface area contributed by atoms with Crippen LogP contribution in [0, 0.1) is 5.95 Å². The van der Waals surface area contributed by atoms with Gasteiger partial charge in [-0.25, -0.2) is 4.98 Å². The average molecular weight is 256 g/mol. The van der Waals surface area contributed by atoms with E-state index >= 15 is 0 Å². The maximum absolute atomic E-state index is 13.0. The summed E-state index contributed by atoms with van der Waals surface area (Å²) in [6, 6.07) is 7.97. The number of halogens is 1. The molecule has 0 fully saturated rings. The summed E-state index contributed by atoms with van der Waals surface area (Å²) in [5, 5.41) is 2.60. The molecule has 0 atom stereocenters. The van der Waals surface area contributed by atoms with E-state index < -0.39 is 5.95 Å². The Morgan fingerprint density at radius 3 is 3.05 bits per heavy atom. The summed E-state index contributed by atoms with van der Waals surface area (Å²) < 4.78 is 17.0. The Hall–Kier alpha value is -2.63. The zero-order chi connectivity index (χ0) is 13.0. The highest BCUT2D eigenvalue weighted by molar-refractivity contribution is 6.09. The SMILES string of the molecule is O=C(Nc1cccc(F)n1)c1ccc2n3n(cc1-2)C3. The van der Waals surface area contributed by atoms with Gasteiger partial charge in [0.25, 0.3) is 5.91 Å². The molecule has 0 aromatic carbocycles. The van der Waals surface area contributed by atoms with Crippen LogP contribution in [0.25, 0.3) is 11.3 Å². The van der Waals surface area contributed by atoms with Crippen LogP contribution < -0.4 is 5.32 Å². The number of carbonyl (C=O) groups is 1. The second-order valence-corrected chi connectivity index (χ2v) is 4.46. The highest BCUT2D eigenvalue weighted by Crippen LogP contribution is 2.34. The number of aromatic nitrogens is 3. The number of rotatable bonds is 2. The third-order valence-corrected chi connectivity index (χ3v) is 3.24. The van der Waals surface area contributed by atoms with Crippen molar-refractivity contribution >= 4 is 11.7 Å². The molecule has 1 amide bonds. The Morgan fingerprint density at radius 1 is 1.32 bits per heavy atom. The van der Waals surface area contributed by atoms with Gasteiger partial charge >= 0.3 is 0 Å². The normalized spacial score (nSPS) is 12.5. The fourth-order valence-electron chi connectivity index (χ4n) is 2.28. The van der Waals surface area contributed by atoms with Crippen LogP contribution in [0.2, 0.25) is 0 Å².